The van der Waals surface area contributed by atoms with Crippen molar-refractivity contribution in [3.63, 3.8) is 0 Å². The maximum absolute atomic E-state index is 10.5. The Morgan fingerprint density at radius 1 is 1.20 bits per heavy atom. The van der Waals surface area contributed by atoms with Gasteiger partial charge in [0.15, 0.2) is 13.2 Å². The van der Waals surface area contributed by atoms with Gasteiger partial charge in [0.1, 0.15) is 0 Å². The van der Waals surface area contributed by atoms with Crippen LogP contribution in [0.2, 0.25) is 0 Å². The lowest BCUT2D eigenvalue weighted by molar-refractivity contribution is 0.267. The van der Waals surface area contributed by atoms with Crippen LogP contribution in [0.1, 0.15) is 0 Å². The molecule has 0 amide bonds. The molecule has 0 rings (SSSR count). The SMILES string of the molecule is C#CCO[P+](=O)OCC#C. The molecule has 0 aromatic carbocycles. The molecule has 52 valence electrons. The predicted molar refractivity (Wildman–Crippen MR) is 37.2 cm³/mol. The lowest BCUT2D eigenvalue weighted by atomic mass is 10.8. The van der Waals surface area contributed by atoms with Crippen molar-refractivity contribution >= 4 is 8.25 Å². The van der Waals surface area contributed by atoms with E-state index in [0.717, 1.165) is 0 Å². The summed E-state index contributed by atoms with van der Waals surface area (Å²) in [6.07, 6.45) is 9.61. The van der Waals surface area contributed by atoms with Crippen molar-refractivity contribution in [1.29, 1.82) is 0 Å². The minimum absolute atomic E-state index is 0.0280. The first-order valence-corrected chi connectivity index (χ1v) is 3.50. The third kappa shape index (κ3) is 5.28. The molecule has 0 saturated carbocycles. The van der Waals surface area contributed by atoms with Crippen LogP contribution >= 0.6 is 8.25 Å². The minimum Gasteiger partial charge on any atom is -0.117 e. The molecule has 0 unspecified atom stereocenters. The van der Waals surface area contributed by atoms with E-state index in [2.05, 4.69) is 20.9 Å². The van der Waals surface area contributed by atoms with Crippen molar-refractivity contribution < 1.29 is 13.6 Å². The van der Waals surface area contributed by atoms with Gasteiger partial charge in [-0.1, -0.05) is 11.8 Å². The topological polar surface area (TPSA) is 35.5 Å². The second-order valence-electron chi connectivity index (χ2n) is 1.18. The van der Waals surface area contributed by atoms with E-state index in [0.29, 0.717) is 0 Å². The molecule has 0 aliphatic rings. The van der Waals surface area contributed by atoms with Gasteiger partial charge in [0.05, 0.1) is 0 Å². The molecule has 0 aliphatic carbocycles. The van der Waals surface area contributed by atoms with Crippen LogP contribution in [0, 0.1) is 24.7 Å². The third-order valence-electron chi connectivity index (χ3n) is 0.507. The highest BCUT2D eigenvalue weighted by atomic mass is 31.1. The van der Waals surface area contributed by atoms with Gasteiger partial charge >= 0.3 is 8.25 Å². The molecular formula is C6H6O3P+. The Labute approximate surface area is 60.7 Å². The number of hydrogen-bond acceptors (Lipinski definition) is 3. The van der Waals surface area contributed by atoms with Gasteiger partial charge in [-0.3, -0.25) is 0 Å². The number of hydrogen-bond donors (Lipinski definition) is 0. The Kier molecular flexibility index (Phi) is 5.72. The van der Waals surface area contributed by atoms with E-state index in [4.69, 9.17) is 12.8 Å². The molecule has 0 aromatic heterocycles. The summed E-state index contributed by atoms with van der Waals surface area (Å²) in [5, 5.41) is 0. The molecule has 0 heterocycles. The van der Waals surface area contributed by atoms with Gasteiger partial charge in [0.25, 0.3) is 0 Å². The van der Waals surface area contributed by atoms with Gasteiger partial charge in [-0.25, -0.2) is 0 Å². The first-order chi connectivity index (χ1) is 4.81. The van der Waals surface area contributed by atoms with E-state index in [-0.39, 0.29) is 13.2 Å². The zero-order valence-corrected chi connectivity index (χ0v) is 6.14. The van der Waals surface area contributed by atoms with Crippen LogP contribution < -0.4 is 0 Å². The lowest BCUT2D eigenvalue weighted by Gasteiger charge is -1.79. The van der Waals surface area contributed by atoms with Crippen LogP contribution in [0.4, 0.5) is 0 Å². The Bertz CT molecular complexity index is 166. The second-order valence-corrected chi connectivity index (χ2v) is 2.14. The third-order valence-corrected chi connectivity index (χ3v) is 1.19. The van der Waals surface area contributed by atoms with Crippen molar-refractivity contribution in [2.75, 3.05) is 13.2 Å². The molecule has 0 aromatic rings. The van der Waals surface area contributed by atoms with Gasteiger partial charge in [0, 0.05) is 4.57 Å². The van der Waals surface area contributed by atoms with E-state index in [9.17, 15) is 4.57 Å². The minimum atomic E-state index is -2.13. The van der Waals surface area contributed by atoms with Crippen LogP contribution in [0.15, 0.2) is 0 Å². The van der Waals surface area contributed by atoms with Crippen molar-refractivity contribution in [2.45, 2.75) is 0 Å². The van der Waals surface area contributed by atoms with Crippen molar-refractivity contribution in [1.82, 2.24) is 0 Å². The van der Waals surface area contributed by atoms with Crippen LogP contribution in [-0.2, 0) is 13.6 Å². The number of terminal acetylenes is 2. The standard InChI is InChI=1S/C6H6O3P/c1-3-5-8-10(7)9-6-4-2/h1-2H,5-6H2/q+1. The quantitative estimate of drug-likeness (QED) is 0.450. The highest BCUT2D eigenvalue weighted by Gasteiger charge is 2.17. The Morgan fingerprint density at radius 2 is 1.60 bits per heavy atom. The summed E-state index contributed by atoms with van der Waals surface area (Å²) in [5.74, 6) is 4.27. The Morgan fingerprint density at radius 3 is 1.90 bits per heavy atom. The first-order valence-electron chi connectivity index (χ1n) is 2.41. The van der Waals surface area contributed by atoms with Crippen LogP contribution in [0.3, 0.4) is 0 Å². The van der Waals surface area contributed by atoms with Crippen molar-refractivity contribution in [3.05, 3.63) is 0 Å². The van der Waals surface area contributed by atoms with Gasteiger partial charge < -0.3 is 0 Å². The molecule has 0 atom stereocenters. The molecule has 0 aliphatic heterocycles. The zero-order valence-electron chi connectivity index (χ0n) is 5.24. The van der Waals surface area contributed by atoms with Crippen molar-refractivity contribution in [3.8, 4) is 24.7 Å². The molecule has 0 spiro atoms. The highest BCUT2D eigenvalue weighted by molar-refractivity contribution is 7.33. The summed E-state index contributed by atoms with van der Waals surface area (Å²) < 4.78 is 19.4. The van der Waals surface area contributed by atoms with E-state index < -0.39 is 8.25 Å². The van der Waals surface area contributed by atoms with Gasteiger partial charge in [-0.05, 0) is 0 Å². The summed E-state index contributed by atoms with van der Waals surface area (Å²) in [4.78, 5) is 0. The maximum Gasteiger partial charge on any atom is 0.699 e. The molecule has 0 radical (unpaired) electrons. The smallest absolute Gasteiger partial charge is 0.117 e. The second kappa shape index (κ2) is 6.26. The predicted octanol–water partition coefficient (Wildman–Crippen LogP) is 0.943. The Balaban J connectivity index is 3.30. The first kappa shape index (κ1) is 9.14. The van der Waals surface area contributed by atoms with Crippen LogP contribution in [-0.4, -0.2) is 13.2 Å². The van der Waals surface area contributed by atoms with E-state index >= 15 is 0 Å². The molecule has 0 fully saturated rings. The number of rotatable bonds is 4. The van der Waals surface area contributed by atoms with Gasteiger partial charge in [-0.2, -0.15) is 0 Å². The van der Waals surface area contributed by atoms with Crippen LogP contribution in [0.25, 0.3) is 0 Å². The normalized spacial score (nSPS) is 7.80. The Hall–Kier alpha value is -0.860. The summed E-state index contributed by atoms with van der Waals surface area (Å²) in [7, 11) is -2.13. The summed E-state index contributed by atoms with van der Waals surface area (Å²) >= 11 is 0. The molecule has 0 saturated heterocycles. The molecule has 0 bridgehead atoms. The molecule has 4 heteroatoms. The summed E-state index contributed by atoms with van der Waals surface area (Å²) in [6, 6.07) is 0. The average molecular weight is 157 g/mol. The van der Waals surface area contributed by atoms with Gasteiger partial charge in [0.2, 0.25) is 0 Å². The van der Waals surface area contributed by atoms with Crippen molar-refractivity contribution in [2.24, 2.45) is 0 Å². The lowest BCUT2D eigenvalue weighted by Crippen LogP contribution is -1.85. The monoisotopic (exact) mass is 157 g/mol. The largest absolute Gasteiger partial charge is 0.699 e. The van der Waals surface area contributed by atoms with Gasteiger partial charge in [-0.15, -0.1) is 21.9 Å². The summed E-state index contributed by atoms with van der Waals surface area (Å²) in [5.41, 5.74) is 0. The summed E-state index contributed by atoms with van der Waals surface area (Å²) in [6.45, 7) is -0.0560. The van der Waals surface area contributed by atoms with E-state index in [1.807, 2.05) is 0 Å². The highest BCUT2D eigenvalue weighted by Crippen LogP contribution is 2.21. The molecule has 3 nitrogen and oxygen atoms in total. The van der Waals surface area contributed by atoms with E-state index in [1.165, 1.54) is 0 Å². The fourth-order valence-corrected chi connectivity index (χ4v) is 0.652. The molecular weight excluding hydrogens is 151 g/mol. The maximum atomic E-state index is 10.5. The average Bonchev–Trinajstić information content (AvgIpc) is 1.97. The fraction of sp³-hybridized carbons (Fsp3) is 0.333. The molecule has 0 N–H and O–H groups in total. The fourth-order valence-electron chi connectivity index (χ4n) is 0.217. The van der Waals surface area contributed by atoms with E-state index in [1.54, 1.807) is 0 Å². The van der Waals surface area contributed by atoms with Crippen LogP contribution in [0.5, 0.6) is 0 Å². The zero-order chi connectivity index (χ0) is 7.82. The molecule has 10 heavy (non-hydrogen) atoms.